The van der Waals surface area contributed by atoms with Gasteiger partial charge in [0.1, 0.15) is 0 Å². The van der Waals surface area contributed by atoms with Gasteiger partial charge in [0.15, 0.2) is 0 Å². The lowest BCUT2D eigenvalue weighted by Gasteiger charge is -2.31. The quantitative estimate of drug-likeness (QED) is 0.610. The number of rotatable bonds is 8. The Morgan fingerprint density at radius 3 is 2.43 bits per heavy atom. The van der Waals surface area contributed by atoms with E-state index in [-0.39, 0.29) is 0 Å². The number of hydrogen-bond donors (Lipinski definition) is 1. The first-order valence-electron chi connectivity index (χ1n) is 9.60. The second-order valence-electron chi connectivity index (χ2n) is 9.43. The van der Waals surface area contributed by atoms with Crippen molar-refractivity contribution in [2.75, 3.05) is 6.54 Å². The van der Waals surface area contributed by atoms with Gasteiger partial charge in [-0.1, -0.05) is 41.0 Å². The summed E-state index contributed by atoms with van der Waals surface area (Å²) in [6, 6.07) is 0.770. The standard InChI is InChI=1S/C20H39N/c1-6-9-21-19(10-15(2)14-20(3,4)5)13-18-12-16-7-8-17(18)11-16/h15-19,21H,6-14H2,1-5H3. The van der Waals surface area contributed by atoms with Gasteiger partial charge in [0, 0.05) is 6.04 Å². The van der Waals surface area contributed by atoms with Gasteiger partial charge < -0.3 is 5.32 Å². The van der Waals surface area contributed by atoms with E-state index in [2.05, 4.69) is 39.9 Å². The first-order chi connectivity index (χ1) is 9.87. The predicted octanol–water partition coefficient (Wildman–Crippen LogP) is 5.64. The van der Waals surface area contributed by atoms with Crippen LogP contribution >= 0.6 is 0 Å². The largest absolute Gasteiger partial charge is 0.314 e. The lowest BCUT2D eigenvalue weighted by atomic mass is 9.79. The van der Waals surface area contributed by atoms with Crippen LogP contribution in [-0.2, 0) is 0 Å². The van der Waals surface area contributed by atoms with E-state index in [1.807, 2.05) is 0 Å². The lowest BCUT2D eigenvalue weighted by molar-refractivity contribution is 0.232. The molecule has 5 unspecified atom stereocenters. The second kappa shape index (κ2) is 7.49. The molecule has 1 nitrogen and oxygen atoms in total. The molecular formula is C20H39N. The smallest absolute Gasteiger partial charge is 0.00723 e. The third kappa shape index (κ3) is 5.58. The van der Waals surface area contributed by atoms with Gasteiger partial charge in [-0.05, 0) is 80.6 Å². The summed E-state index contributed by atoms with van der Waals surface area (Å²) in [5, 5.41) is 3.87. The molecule has 0 radical (unpaired) electrons. The molecule has 0 spiro atoms. The SMILES string of the molecule is CCCNC(CC(C)CC(C)(C)C)CC1CC2CCC1C2. The fraction of sp³-hybridized carbons (Fsp3) is 1.00. The van der Waals surface area contributed by atoms with Crippen LogP contribution < -0.4 is 5.32 Å². The Morgan fingerprint density at radius 2 is 1.90 bits per heavy atom. The molecule has 0 aromatic heterocycles. The Kier molecular flexibility index (Phi) is 6.17. The van der Waals surface area contributed by atoms with Crippen molar-refractivity contribution in [1.82, 2.24) is 5.32 Å². The average molecular weight is 294 g/mol. The van der Waals surface area contributed by atoms with Crippen LogP contribution in [0.3, 0.4) is 0 Å². The molecule has 0 amide bonds. The number of nitrogens with one attached hydrogen (secondary N) is 1. The maximum Gasteiger partial charge on any atom is 0.00723 e. The Labute approximate surface area is 133 Å². The Balaban J connectivity index is 1.82. The summed E-state index contributed by atoms with van der Waals surface area (Å²) in [6.45, 7) is 13.1. The summed E-state index contributed by atoms with van der Waals surface area (Å²) in [5.74, 6) is 4.07. The molecule has 124 valence electrons. The summed E-state index contributed by atoms with van der Waals surface area (Å²) in [7, 11) is 0. The van der Waals surface area contributed by atoms with Crippen molar-refractivity contribution in [3.63, 3.8) is 0 Å². The van der Waals surface area contributed by atoms with Gasteiger partial charge in [-0.2, -0.15) is 0 Å². The summed E-state index contributed by atoms with van der Waals surface area (Å²) in [5.41, 5.74) is 0.473. The lowest BCUT2D eigenvalue weighted by Crippen LogP contribution is -2.35. The molecule has 21 heavy (non-hydrogen) atoms. The molecule has 0 aliphatic heterocycles. The highest BCUT2D eigenvalue weighted by Crippen LogP contribution is 2.50. The van der Waals surface area contributed by atoms with Gasteiger partial charge >= 0.3 is 0 Å². The van der Waals surface area contributed by atoms with Gasteiger partial charge in [-0.15, -0.1) is 0 Å². The van der Waals surface area contributed by atoms with E-state index >= 15 is 0 Å². The average Bonchev–Trinajstić information content (AvgIpc) is 2.95. The highest BCUT2D eigenvalue weighted by Gasteiger charge is 2.40. The Bertz CT molecular complexity index is 303. The van der Waals surface area contributed by atoms with Crippen LogP contribution in [0, 0.1) is 29.1 Å². The maximum atomic E-state index is 3.87. The fourth-order valence-electron chi connectivity index (χ4n) is 5.26. The Morgan fingerprint density at radius 1 is 1.14 bits per heavy atom. The highest BCUT2D eigenvalue weighted by atomic mass is 14.9. The van der Waals surface area contributed by atoms with Crippen LogP contribution in [0.5, 0.6) is 0 Å². The zero-order valence-electron chi connectivity index (χ0n) is 15.3. The summed E-state index contributed by atoms with van der Waals surface area (Å²) < 4.78 is 0. The van der Waals surface area contributed by atoms with E-state index in [0.717, 1.165) is 29.7 Å². The molecule has 1 heteroatoms. The molecule has 2 aliphatic rings. The molecule has 0 saturated heterocycles. The van der Waals surface area contributed by atoms with Crippen molar-refractivity contribution >= 4 is 0 Å². The highest BCUT2D eigenvalue weighted by molar-refractivity contribution is 4.92. The van der Waals surface area contributed by atoms with Gasteiger partial charge in [0.05, 0.1) is 0 Å². The van der Waals surface area contributed by atoms with Crippen molar-refractivity contribution in [1.29, 1.82) is 0 Å². The zero-order chi connectivity index (χ0) is 15.5. The molecule has 2 saturated carbocycles. The van der Waals surface area contributed by atoms with Crippen LogP contribution in [0.15, 0.2) is 0 Å². The second-order valence-corrected chi connectivity index (χ2v) is 9.43. The molecule has 0 heterocycles. The molecule has 0 aromatic rings. The van der Waals surface area contributed by atoms with Gasteiger partial charge in [-0.3, -0.25) is 0 Å². The van der Waals surface area contributed by atoms with Gasteiger partial charge in [-0.25, -0.2) is 0 Å². The molecule has 5 atom stereocenters. The van der Waals surface area contributed by atoms with E-state index in [0.29, 0.717) is 5.41 Å². The Hall–Kier alpha value is -0.0400. The summed E-state index contributed by atoms with van der Waals surface area (Å²) >= 11 is 0. The third-order valence-corrected chi connectivity index (χ3v) is 5.80. The van der Waals surface area contributed by atoms with E-state index < -0.39 is 0 Å². The maximum absolute atomic E-state index is 3.87. The van der Waals surface area contributed by atoms with Gasteiger partial charge in [0.25, 0.3) is 0 Å². The van der Waals surface area contributed by atoms with Crippen LogP contribution in [0.25, 0.3) is 0 Å². The monoisotopic (exact) mass is 293 g/mol. The normalized spacial score (nSPS) is 31.6. The first-order valence-corrected chi connectivity index (χ1v) is 9.60. The fourth-order valence-corrected chi connectivity index (χ4v) is 5.26. The zero-order valence-corrected chi connectivity index (χ0v) is 15.3. The van der Waals surface area contributed by atoms with E-state index in [1.165, 1.54) is 45.1 Å². The molecule has 2 fully saturated rings. The van der Waals surface area contributed by atoms with Gasteiger partial charge in [0.2, 0.25) is 0 Å². The van der Waals surface area contributed by atoms with Crippen LogP contribution in [0.2, 0.25) is 0 Å². The minimum absolute atomic E-state index is 0.473. The molecule has 2 bridgehead atoms. The number of hydrogen-bond acceptors (Lipinski definition) is 1. The first kappa shape index (κ1) is 17.3. The van der Waals surface area contributed by atoms with Crippen molar-refractivity contribution in [2.45, 2.75) is 92.0 Å². The summed E-state index contributed by atoms with van der Waals surface area (Å²) in [6.07, 6.45) is 11.6. The third-order valence-electron chi connectivity index (χ3n) is 5.80. The van der Waals surface area contributed by atoms with E-state index in [9.17, 15) is 0 Å². The predicted molar refractivity (Wildman–Crippen MR) is 93.5 cm³/mol. The van der Waals surface area contributed by atoms with E-state index in [1.54, 1.807) is 12.8 Å². The molecular weight excluding hydrogens is 254 g/mol. The van der Waals surface area contributed by atoms with Crippen LogP contribution in [0.1, 0.15) is 86.0 Å². The van der Waals surface area contributed by atoms with Crippen molar-refractivity contribution < 1.29 is 0 Å². The molecule has 1 N–H and O–H groups in total. The number of fused-ring (bicyclic) bond motifs is 2. The van der Waals surface area contributed by atoms with E-state index in [4.69, 9.17) is 0 Å². The minimum Gasteiger partial charge on any atom is -0.314 e. The van der Waals surface area contributed by atoms with Crippen molar-refractivity contribution in [3.8, 4) is 0 Å². The molecule has 2 aliphatic carbocycles. The van der Waals surface area contributed by atoms with Crippen LogP contribution in [-0.4, -0.2) is 12.6 Å². The minimum atomic E-state index is 0.473. The summed E-state index contributed by atoms with van der Waals surface area (Å²) in [4.78, 5) is 0. The van der Waals surface area contributed by atoms with Crippen molar-refractivity contribution in [3.05, 3.63) is 0 Å². The van der Waals surface area contributed by atoms with Crippen molar-refractivity contribution in [2.24, 2.45) is 29.1 Å². The molecule has 0 aromatic carbocycles. The van der Waals surface area contributed by atoms with Crippen LogP contribution in [0.4, 0.5) is 0 Å². The topological polar surface area (TPSA) is 12.0 Å². The molecule has 2 rings (SSSR count).